The highest BCUT2D eigenvalue weighted by Gasteiger charge is 2.19. The van der Waals surface area contributed by atoms with Gasteiger partial charge in [0.15, 0.2) is 0 Å². The van der Waals surface area contributed by atoms with Crippen LogP contribution in [0.3, 0.4) is 0 Å². The standard InChI is InChI=1S/C24H22FN3O3S/c1-4-16-7-5-6-14(2)21(16)26-20(29)13-27-19-10-11-32-22(19)23(30)28(24(27)31)17-8-9-18(25)15(3)12-17/h5-12H,4,13H2,1-3H3,(H,26,29). The average molecular weight is 452 g/mol. The van der Waals surface area contributed by atoms with Gasteiger partial charge in [-0.15, -0.1) is 11.3 Å². The normalized spacial score (nSPS) is 11.1. The molecule has 0 aliphatic carbocycles. The van der Waals surface area contributed by atoms with E-state index >= 15 is 0 Å². The molecule has 0 unspecified atom stereocenters. The van der Waals surface area contributed by atoms with Crippen molar-refractivity contribution in [2.24, 2.45) is 0 Å². The van der Waals surface area contributed by atoms with Crippen molar-refractivity contribution in [1.29, 1.82) is 0 Å². The summed E-state index contributed by atoms with van der Waals surface area (Å²) in [7, 11) is 0. The van der Waals surface area contributed by atoms with E-state index in [1.54, 1.807) is 18.4 Å². The third-order valence-electron chi connectivity index (χ3n) is 5.46. The number of halogens is 1. The van der Waals surface area contributed by atoms with E-state index < -0.39 is 17.1 Å². The van der Waals surface area contributed by atoms with Gasteiger partial charge in [-0.25, -0.2) is 13.8 Å². The van der Waals surface area contributed by atoms with Crippen LogP contribution in [0.25, 0.3) is 15.9 Å². The molecule has 0 aliphatic heterocycles. The van der Waals surface area contributed by atoms with Crippen LogP contribution in [0, 0.1) is 19.7 Å². The van der Waals surface area contributed by atoms with Gasteiger partial charge in [-0.1, -0.05) is 25.1 Å². The highest BCUT2D eigenvalue weighted by Crippen LogP contribution is 2.22. The Morgan fingerprint density at radius 2 is 1.88 bits per heavy atom. The van der Waals surface area contributed by atoms with E-state index in [4.69, 9.17) is 0 Å². The van der Waals surface area contributed by atoms with Crippen LogP contribution in [0.2, 0.25) is 0 Å². The fourth-order valence-electron chi connectivity index (χ4n) is 3.76. The number of nitrogens with zero attached hydrogens (tertiary/aromatic N) is 2. The second-order valence-electron chi connectivity index (χ2n) is 7.59. The highest BCUT2D eigenvalue weighted by molar-refractivity contribution is 7.17. The van der Waals surface area contributed by atoms with E-state index in [1.165, 1.54) is 34.1 Å². The summed E-state index contributed by atoms with van der Waals surface area (Å²) >= 11 is 1.19. The van der Waals surface area contributed by atoms with Gasteiger partial charge in [-0.2, -0.15) is 0 Å². The minimum absolute atomic E-state index is 0.260. The molecule has 0 spiro atoms. The molecule has 6 nitrogen and oxygen atoms in total. The van der Waals surface area contributed by atoms with Gasteiger partial charge in [0.2, 0.25) is 5.91 Å². The molecular formula is C24H22FN3O3S. The van der Waals surface area contributed by atoms with Gasteiger partial charge in [-0.05, 0) is 66.6 Å². The molecule has 0 fully saturated rings. The van der Waals surface area contributed by atoms with Gasteiger partial charge in [0.25, 0.3) is 5.56 Å². The zero-order valence-electron chi connectivity index (χ0n) is 17.9. The predicted octanol–water partition coefficient (Wildman–Crippen LogP) is 4.17. The van der Waals surface area contributed by atoms with Crippen molar-refractivity contribution in [2.45, 2.75) is 33.7 Å². The zero-order valence-corrected chi connectivity index (χ0v) is 18.8. The molecule has 4 aromatic rings. The summed E-state index contributed by atoms with van der Waals surface area (Å²) < 4.78 is 16.4. The maximum absolute atomic E-state index is 13.8. The van der Waals surface area contributed by atoms with Crippen LogP contribution in [0.5, 0.6) is 0 Å². The molecule has 1 amide bonds. The maximum Gasteiger partial charge on any atom is 0.336 e. The molecule has 32 heavy (non-hydrogen) atoms. The van der Waals surface area contributed by atoms with E-state index in [1.807, 2.05) is 32.0 Å². The summed E-state index contributed by atoms with van der Waals surface area (Å²) in [4.78, 5) is 39.3. The molecule has 0 bridgehead atoms. The number of aromatic nitrogens is 2. The number of rotatable bonds is 5. The summed E-state index contributed by atoms with van der Waals surface area (Å²) in [6, 6.07) is 11.5. The number of hydrogen-bond donors (Lipinski definition) is 1. The molecule has 8 heteroatoms. The number of nitrogens with one attached hydrogen (secondary N) is 1. The first kappa shape index (κ1) is 21.7. The minimum atomic E-state index is -0.650. The molecule has 0 saturated carbocycles. The van der Waals surface area contributed by atoms with Gasteiger partial charge < -0.3 is 5.32 Å². The molecule has 0 saturated heterocycles. The van der Waals surface area contributed by atoms with Gasteiger partial charge in [0.05, 0.1) is 11.2 Å². The third kappa shape index (κ3) is 3.78. The van der Waals surface area contributed by atoms with Crippen LogP contribution in [0.15, 0.2) is 57.4 Å². The molecule has 1 N–H and O–H groups in total. The zero-order chi connectivity index (χ0) is 23.0. The molecule has 2 aromatic carbocycles. The summed E-state index contributed by atoms with van der Waals surface area (Å²) in [5.74, 6) is -0.798. The van der Waals surface area contributed by atoms with E-state index in [0.717, 1.165) is 27.8 Å². The van der Waals surface area contributed by atoms with Crippen molar-refractivity contribution >= 4 is 33.1 Å². The summed E-state index contributed by atoms with van der Waals surface area (Å²) in [5.41, 5.74) is 2.49. The largest absolute Gasteiger partial charge is 0.336 e. The Balaban J connectivity index is 1.81. The summed E-state index contributed by atoms with van der Waals surface area (Å²) in [5, 5.41) is 4.63. The number of hydrogen-bond acceptors (Lipinski definition) is 4. The van der Waals surface area contributed by atoms with E-state index in [2.05, 4.69) is 5.32 Å². The Morgan fingerprint density at radius 3 is 2.59 bits per heavy atom. The lowest BCUT2D eigenvalue weighted by atomic mass is 10.1. The number of aryl methyl sites for hydroxylation is 3. The molecule has 0 atom stereocenters. The Morgan fingerprint density at radius 1 is 1.09 bits per heavy atom. The second-order valence-corrected chi connectivity index (χ2v) is 8.50. The quantitative estimate of drug-likeness (QED) is 0.495. The maximum atomic E-state index is 13.8. The SMILES string of the molecule is CCc1cccc(C)c1NC(=O)Cn1c(=O)n(-c2ccc(F)c(C)c2)c(=O)c2sccc21. The smallest absolute Gasteiger partial charge is 0.324 e. The molecule has 4 rings (SSSR count). The van der Waals surface area contributed by atoms with Gasteiger partial charge in [0, 0.05) is 5.69 Å². The molecule has 0 radical (unpaired) electrons. The van der Waals surface area contributed by atoms with Crippen molar-refractivity contribution in [2.75, 3.05) is 5.32 Å². The minimum Gasteiger partial charge on any atom is -0.324 e. The molecule has 2 heterocycles. The Bertz CT molecular complexity index is 1470. The van der Waals surface area contributed by atoms with Crippen molar-refractivity contribution in [1.82, 2.24) is 9.13 Å². The second kappa shape index (κ2) is 8.55. The number of carbonyl (C=O) groups is 1. The van der Waals surface area contributed by atoms with Crippen LogP contribution in [0.4, 0.5) is 10.1 Å². The Kier molecular flexibility index (Phi) is 5.80. The van der Waals surface area contributed by atoms with Crippen molar-refractivity contribution in [3.05, 3.63) is 91.2 Å². The van der Waals surface area contributed by atoms with Gasteiger partial charge in [-0.3, -0.25) is 14.2 Å². The van der Waals surface area contributed by atoms with Crippen LogP contribution < -0.4 is 16.6 Å². The average Bonchev–Trinajstić information content (AvgIpc) is 3.25. The molecule has 2 aromatic heterocycles. The highest BCUT2D eigenvalue weighted by atomic mass is 32.1. The van der Waals surface area contributed by atoms with Gasteiger partial charge in [0.1, 0.15) is 17.1 Å². The first-order valence-electron chi connectivity index (χ1n) is 10.2. The van der Waals surface area contributed by atoms with Crippen LogP contribution >= 0.6 is 11.3 Å². The predicted molar refractivity (Wildman–Crippen MR) is 126 cm³/mol. The van der Waals surface area contributed by atoms with Gasteiger partial charge >= 0.3 is 5.69 Å². The van der Waals surface area contributed by atoms with Crippen molar-refractivity contribution in [3.63, 3.8) is 0 Å². The van der Waals surface area contributed by atoms with E-state index in [9.17, 15) is 18.8 Å². The number of fused-ring (bicyclic) bond motifs is 1. The van der Waals surface area contributed by atoms with Crippen molar-refractivity contribution < 1.29 is 9.18 Å². The fourth-order valence-corrected chi connectivity index (χ4v) is 4.58. The lowest BCUT2D eigenvalue weighted by Crippen LogP contribution is -2.40. The topological polar surface area (TPSA) is 73.1 Å². The first-order valence-corrected chi connectivity index (χ1v) is 11.1. The van der Waals surface area contributed by atoms with Crippen molar-refractivity contribution in [3.8, 4) is 5.69 Å². The Hall–Kier alpha value is -3.52. The third-order valence-corrected chi connectivity index (χ3v) is 6.35. The molecule has 164 valence electrons. The fraction of sp³-hybridized carbons (Fsp3) is 0.208. The number of para-hydroxylation sites is 1. The lowest BCUT2D eigenvalue weighted by Gasteiger charge is -2.15. The number of anilines is 1. The van der Waals surface area contributed by atoms with Crippen LogP contribution in [0.1, 0.15) is 23.6 Å². The number of amides is 1. The molecular weight excluding hydrogens is 429 g/mol. The van der Waals surface area contributed by atoms with E-state index in [-0.39, 0.29) is 18.1 Å². The van der Waals surface area contributed by atoms with Crippen LogP contribution in [-0.2, 0) is 17.8 Å². The van der Waals surface area contributed by atoms with Crippen LogP contribution in [-0.4, -0.2) is 15.0 Å². The number of benzene rings is 2. The summed E-state index contributed by atoms with van der Waals surface area (Å²) in [6.45, 7) is 5.22. The monoisotopic (exact) mass is 451 g/mol. The number of thiophene rings is 1. The first-order chi connectivity index (χ1) is 15.3. The Labute approximate surface area is 187 Å². The lowest BCUT2D eigenvalue weighted by molar-refractivity contribution is -0.116. The summed E-state index contributed by atoms with van der Waals surface area (Å²) in [6.07, 6.45) is 0.751. The van der Waals surface area contributed by atoms with E-state index in [0.29, 0.717) is 15.8 Å². The number of carbonyl (C=O) groups excluding carboxylic acids is 1. The molecule has 0 aliphatic rings.